The standard InChI is InChI=1S/C16H17NO2/c1-17(2)16(18)14-10-6-7-11-15(14)19-12-13-8-4-3-5-9-13/h3-11H,12H2,1-2H3. The van der Waals surface area contributed by atoms with E-state index in [1.807, 2.05) is 48.5 Å². The summed E-state index contributed by atoms with van der Waals surface area (Å²) >= 11 is 0. The highest BCUT2D eigenvalue weighted by Crippen LogP contribution is 2.20. The van der Waals surface area contributed by atoms with Crippen molar-refractivity contribution in [3.8, 4) is 5.75 Å². The Balaban J connectivity index is 2.14. The third-order valence-corrected chi connectivity index (χ3v) is 2.76. The molecule has 0 unspecified atom stereocenters. The molecule has 0 fully saturated rings. The van der Waals surface area contributed by atoms with Crippen molar-refractivity contribution >= 4 is 5.91 Å². The van der Waals surface area contributed by atoms with E-state index in [9.17, 15) is 4.79 Å². The van der Waals surface area contributed by atoms with E-state index in [4.69, 9.17) is 4.74 Å². The highest BCUT2D eigenvalue weighted by atomic mass is 16.5. The van der Waals surface area contributed by atoms with E-state index < -0.39 is 0 Å². The lowest BCUT2D eigenvalue weighted by molar-refractivity contribution is 0.0822. The predicted molar refractivity (Wildman–Crippen MR) is 75.2 cm³/mol. The molecular formula is C16H17NO2. The molecule has 0 N–H and O–H groups in total. The van der Waals surface area contributed by atoms with Gasteiger partial charge in [0.1, 0.15) is 12.4 Å². The number of carbonyl (C=O) groups is 1. The lowest BCUT2D eigenvalue weighted by Crippen LogP contribution is -2.22. The highest BCUT2D eigenvalue weighted by molar-refractivity contribution is 5.96. The lowest BCUT2D eigenvalue weighted by atomic mass is 10.2. The fourth-order valence-corrected chi connectivity index (χ4v) is 1.75. The molecule has 0 aliphatic heterocycles. The molecular weight excluding hydrogens is 238 g/mol. The van der Waals surface area contributed by atoms with Crippen LogP contribution in [-0.4, -0.2) is 24.9 Å². The molecule has 0 aromatic heterocycles. The maximum absolute atomic E-state index is 12.0. The number of hydrogen-bond donors (Lipinski definition) is 0. The molecule has 0 aliphatic rings. The van der Waals surface area contributed by atoms with Gasteiger partial charge in [0.05, 0.1) is 5.56 Å². The Bertz CT molecular complexity index is 550. The van der Waals surface area contributed by atoms with Crippen LogP contribution >= 0.6 is 0 Å². The van der Waals surface area contributed by atoms with Crippen LogP contribution < -0.4 is 4.74 Å². The van der Waals surface area contributed by atoms with E-state index >= 15 is 0 Å². The summed E-state index contributed by atoms with van der Waals surface area (Å²) in [6, 6.07) is 17.2. The molecule has 2 aromatic rings. The highest BCUT2D eigenvalue weighted by Gasteiger charge is 2.13. The largest absolute Gasteiger partial charge is 0.488 e. The molecule has 1 amide bonds. The molecule has 0 bridgehead atoms. The summed E-state index contributed by atoms with van der Waals surface area (Å²) in [6.07, 6.45) is 0. The van der Waals surface area contributed by atoms with Crippen molar-refractivity contribution in [2.24, 2.45) is 0 Å². The second kappa shape index (κ2) is 6.05. The number of benzene rings is 2. The van der Waals surface area contributed by atoms with Gasteiger partial charge in [-0.1, -0.05) is 42.5 Å². The number of hydrogen-bond acceptors (Lipinski definition) is 2. The zero-order valence-corrected chi connectivity index (χ0v) is 11.2. The minimum atomic E-state index is -0.0522. The summed E-state index contributed by atoms with van der Waals surface area (Å²) in [7, 11) is 3.46. The first kappa shape index (κ1) is 13.1. The van der Waals surface area contributed by atoms with E-state index in [0.29, 0.717) is 17.9 Å². The van der Waals surface area contributed by atoms with Crippen LogP contribution in [0.5, 0.6) is 5.75 Å². The fraction of sp³-hybridized carbons (Fsp3) is 0.188. The molecule has 2 aromatic carbocycles. The smallest absolute Gasteiger partial charge is 0.257 e. The van der Waals surface area contributed by atoms with Gasteiger partial charge in [-0.3, -0.25) is 4.79 Å². The van der Waals surface area contributed by atoms with Crippen LogP contribution in [0.1, 0.15) is 15.9 Å². The van der Waals surface area contributed by atoms with Crippen molar-refractivity contribution in [2.75, 3.05) is 14.1 Å². The normalized spacial score (nSPS) is 10.0. The van der Waals surface area contributed by atoms with E-state index in [1.54, 1.807) is 25.1 Å². The molecule has 0 atom stereocenters. The Hall–Kier alpha value is -2.29. The number of nitrogens with zero attached hydrogens (tertiary/aromatic N) is 1. The minimum Gasteiger partial charge on any atom is -0.488 e. The van der Waals surface area contributed by atoms with Crippen LogP contribution in [0.15, 0.2) is 54.6 Å². The Morgan fingerprint density at radius 3 is 2.32 bits per heavy atom. The minimum absolute atomic E-state index is 0.0522. The topological polar surface area (TPSA) is 29.5 Å². The van der Waals surface area contributed by atoms with Crippen molar-refractivity contribution in [3.63, 3.8) is 0 Å². The van der Waals surface area contributed by atoms with Crippen molar-refractivity contribution in [1.82, 2.24) is 4.90 Å². The van der Waals surface area contributed by atoms with E-state index in [0.717, 1.165) is 5.56 Å². The second-order valence-electron chi connectivity index (χ2n) is 4.47. The summed E-state index contributed by atoms with van der Waals surface area (Å²) in [6.45, 7) is 0.457. The van der Waals surface area contributed by atoms with Crippen LogP contribution in [0.4, 0.5) is 0 Å². The number of ether oxygens (including phenoxy) is 1. The summed E-state index contributed by atoms with van der Waals surface area (Å²) < 4.78 is 5.75. The third-order valence-electron chi connectivity index (χ3n) is 2.76. The van der Waals surface area contributed by atoms with Gasteiger partial charge in [0, 0.05) is 14.1 Å². The number of amides is 1. The molecule has 0 saturated carbocycles. The van der Waals surface area contributed by atoms with Crippen LogP contribution in [0, 0.1) is 0 Å². The predicted octanol–water partition coefficient (Wildman–Crippen LogP) is 2.97. The first-order valence-corrected chi connectivity index (χ1v) is 6.16. The molecule has 0 aliphatic carbocycles. The van der Waals surface area contributed by atoms with Crippen molar-refractivity contribution in [1.29, 1.82) is 0 Å². The van der Waals surface area contributed by atoms with E-state index in [-0.39, 0.29) is 5.91 Å². The van der Waals surface area contributed by atoms with Crippen molar-refractivity contribution in [2.45, 2.75) is 6.61 Å². The first-order chi connectivity index (χ1) is 9.18. The number of rotatable bonds is 4. The maximum atomic E-state index is 12.0. The average Bonchev–Trinajstić information content (AvgIpc) is 2.45. The van der Waals surface area contributed by atoms with Gasteiger partial charge in [-0.15, -0.1) is 0 Å². The van der Waals surface area contributed by atoms with Gasteiger partial charge in [-0.2, -0.15) is 0 Å². The molecule has 0 radical (unpaired) electrons. The molecule has 3 nitrogen and oxygen atoms in total. The third kappa shape index (κ3) is 3.35. The molecule has 3 heteroatoms. The summed E-state index contributed by atoms with van der Waals surface area (Å²) in [4.78, 5) is 13.6. The lowest BCUT2D eigenvalue weighted by Gasteiger charge is -2.14. The van der Waals surface area contributed by atoms with Gasteiger partial charge in [0.15, 0.2) is 0 Å². The van der Waals surface area contributed by atoms with Gasteiger partial charge in [-0.25, -0.2) is 0 Å². The zero-order valence-electron chi connectivity index (χ0n) is 11.2. The maximum Gasteiger partial charge on any atom is 0.257 e. The zero-order chi connectivity index (χ0) is 13.7. The molecule has 0 saturated heterocycles. The number of carbonyl (C=O) groups excluding carboxylic acids is 1. The van der Waals surface area contributed by atoms with Crippen LogP contribution in [0.2, 0.25) is 0 Å². The molecule has 19 heavy (non-hydrogen) atoms. The Morgan fingerprint density at radius 2 is 1.63 bits per heavy atom. The van der Waals surface area contributed by atoms with Gasteiger partial charge in [0.25, 0.3) is 5.91 Å². The Morgan fingerprint density at radius 1 is 1.00 bits per heavy atom. The van der Waals surface area contributed by atoms with Crippen LogP contribution in [-0.2, 0) is 6.61 Å². The Labute approximate surface area is 113 Å². The summed E-state index contributed by atoms with van der Waals surface area (Å²) in [5.74, 6) is 0.564. The SMILES string of the molecule is CN(C)C(=O)c1ccccc1OCc1ccccc1. The van der Waals surface area contributed by atoms with Crippen molar-refractivity contribution in [3.05, 3.63) is 65.7 Å². The fourth-order valence-electron chi connectivity index (χ4n) is 1.75. The van der Waals surface area contributed by atoms with Gasteiger partial charge in [0.2, 0.25) is 0 Å². The Kier molecular flexibility index (Phi) is 4.18. The first-order valence-electron chi connectivity index (χ1n) is 6.16. The second-order valence-corrected chi connectivity index (χ2v) is 4.47. The summed E-state index contributed by atoms with van der Waals surface area (Å²) in [5, 5.41) is 0. The van der Waals surface area contributed by atoms with E-state index in [1.165, 1.54) is 0 Å². The van der Waals surface area contributed by atoms with E-state index in [2.05, 4.69) is 0 Å². The van der Waals surface area contributed by atoms with Crippen LogP contribution in [0.3, 0.4) is 0 Å². The van der Waals surface area contributed by atoms with Gasteiger partial charge >= 0.3 is 0 Å². The molecule has 98 valence electrons. The molecule has 0 heterocycles. The summed E-state index contributed by atoms with van der Waals surface area (Å²) in [5.41, 5.74) is 1.66. The average molecular weight is 255 g/mol. The number of para-hydroxylation sites is 1. The van der Waals surface area contributed by atoms with Crippen molar-refractivity contribution < 1.29 is 9.53 Å². The van der Waals surface area contributed by atoms with Gasteiger partial charge in [-0.05, 0) is 17.7 Å². The van der Waals surface area contributed by atoms with Crippen LogP contribution in [0.25, 0.3) is 0 Å². The molecule has 2 rings (SSSR count). The monoisotopic (exact) mass is 255 g/mol. The van der Waals surface area contributed by atoms with Gasteiger partial charge < -0.3 is 9.64 Å². The quantitative estimate of drug-likeness (QED) is 0.840. The molecule has 0 spiro atoms.